The summed E-state index contributed by atoms with van der Waals surface area (Å²) in [5, 5.41) is 2.68. The lowest BCUT2D eigenvalue weighted by Gasteiger charge is -2.21. The third kappa shape index (κ3) is 5.62. The summed E-state index contributed by atoms with van der Waals surface area (Å²) >= 11 is 0. The molecule has 3 nitrogen and oxygen atoms in total. The Morgan fingerprint density at radius 2 is 1.90 bits per heavy atom. The van der Waals surface area contributed by atoms with Gasteiger partial charge in [-0.15, -0.1) is 0 Å². The van der Waals surface area contributed by atoms with Crippen molar-refractivity contribution in [2.75, 3.05) is 19.1 Å². The Kier molecular flexibility index (Phi) is 5.75. The van der Waals surface area contributed by atoms with Crippen molar-refractivity contribution in [2.24, 2.45) is 0 Å². The lowest BCUT2D eigenvalue weighted by molar-refractivity contribution is -0.138. The van der Waals surface area contributed by atoms with Crippen LogP contribution in [0.5, 0.6) is 0 Å². The van der Waals surface area contributed by atoms with Crippen molar-refractivity contribution in [3.05, 3.63) is 35.1 Å². The molecule has 0 aromatic heterocycles. The first kappa shape index (κ1) is 17.9. The smallest absolute Gasteiger partial charge is 0.313 e. The Morgan fingerprint density at radius 3 is 2.38 bits per heavy atom. The van der Waals surface area contributed by atoms with Gasteiger partial charge in [-0.2, -0.15) is 13.2 Å². The minimum absolute atomic E-state index is 0.123. The first-order valence-electron chi connectivity index (χ1n) is 6.26. The number of nitrogens with one attached hydrogen (secondary N) is 1. The SMILES string of the molecule is CNC(CCCS(C)(=O)=O)c1cc(F)ccc1C(F)(F)F. The van der Waals surface area contributed by atoms with E-state index in [9.17, 15) is 26.0 Å². The highest BCUT2D eigenvalue weighted by Gasteiger charge is 2.35. The maximum Gasteiger partial charge on any atom is 0.416 e. The molecule has 0 aliphatic rings. The van der Waals surface area contributed by atoms with Gasteiger partial charge in [0.2, 0.25) is 0 Å². The van der Waals surface area contributed by atoms with E-state index in [1.54, 1.807) is 0 Å². The summed E-state index contributed by atoms with van der Waals surface area (Å²) in [6.45, 7) is 0. The van der Waals surface area contributed by atoms with Gasteiger partial charge in [-0.05, 0) is 43.7 Å². The highest BCUT2D eigenvalue weighted by atomic mass is 32.2. The minimum Gasteiger partial charge on any atom is -0.313 e. The molecule has 1 atom stereocenters. The summed E-state index contributed by atoms with van der Waals surface area (Å²) in [6, 6.07) is 1.53. The van der Waals surface area contributed by atoms with E-state index in [2.05, 4.69) is 5.32 Å². The molecule has 0 radical (unpaired) electrons. The van der Waals surface area contributed by atoms with Gasteiger partial charge in [0.05, 0.1) is 5.56 Å². The molecule has 1 N–H and O–H groups in total. The van der Waals surface area contributed by atoms with Gasteiger partial charge in [-0.3, -0.25) is 0 Å². The highest BCUT2D eigenvalue weighted by molar-refractivity contribution is 7.90. The quantitative estimate of drug-likeness (QED) is 0.817. The summed E-state index contributed by atoms with van der Waals surface area (Å²) in [6.07, 6.45) is -3.17. The van der Waals surface area contributed by atoms with Gasteiger partial charge >= 0.3 is 6.18 Å². The van der Waals surface area contributed by atoms with Crippen LogP contribution >= 0.6 is 0 Å². The molecule has 1 aromatic carbocycles. The van der Waals surface area contributed by atoms with Crippen molar-refractivity contribution in [3.8, 4) is 0 Å². The highest BCUT2D eigenvalue weighted by Crippen LogP contribution is 2.36. The second-order valence-corrected chi connectivity index (χ2v) is 7.10. The number of hydrogen-bond acceptors (Lipinski definition) is 3. The van der Waals surface area contributed by atoms with E-state index in [1.165, 1.54) is 7.05 Å². The summed E-state index contributed by atoms with van der Waals surface area (Å²) in [5.41, 5.74) is -1.12. The average molecular weight is 327 g/mol. The molecule has 0 spiro atoms. The van der Waals surface area contributed by atoms with Crippen LogP contribution in [0.4, 0.5) is 17.6 Å². The van der Waals surface area contributed by atoms with Crippen LogP contribution in [0, 0.1) is 5.82 Å². The molecule has 1 rings (SSSR count). The van der Waals surface area contributed by atoms with Gasteiger partial charge in [-0.1, -0.05) is 0 Å². The monoisotopic (exact) mass is 327 g/mol. The van der Waals surface area contributed by atoms with Crippen LogP contribution in [0.2, 0.25) is 0 Å². The molecular weight excluding hydrogens is 310 g/mol. The van der Waals surface area contributed by atoms with Crippen LogP contribution in [0.15, 0.2) is 18.2 Å². The first-order chi connectivity index (χ1) is 9.54. The Balaban J connectivity index is 3.02. The third-order valence-electron chi connectivity index (χ3n) is 3.05. The molecule has 0 heterocycles. The van der Waals surface area contributed by atoms with Gasteiger partial charge in [0.15, 0.2) is 0 Å². The topological polar surface area (TPSA) is 46.2 Å². The van der Waals surface area contributed by atoms with Gasteiger partial charge in [0.25, 0.3) is 0 Å². The molecule has 120 valence electrons. The molecular formula is C13H17F4NO2S. The molecule has 1 aromatic rings. The van der Waals surface area contributed by atoms with E-state index in [-0.39, 0.29) is 24.2 Å². The van der Waals surface area contributed by atoms with Crippen LogP contribution in [-0.4, -0.2) is 27.5 Å². The zero-order valence-electron chi connectivity index (χ0n) is 11.7. The summed E-state index contributed by atoms with van der Waals surface area (Å²) in [7, 11) is -1.73. The fourth-order valence-corrected chi connectivity index (χ4v) is 2.78. The summed E-state index contributed by atoms with van der Waals surface area (Å²) in [4.78, 5) is 0. The number of alkyl halides is 3. The van der Waals surface area contributed by atoms with E-state index in [1.807, 2.05) is 0 Å². The fourth-order valence-electron chi connectivity index (χ4n) is 2.09. The molecule has 0 saturated carbocycles. The van der Waals surface area contributed by atoms with Crippen LogP contribution in [-0.2, 0) is 16.0 Å². The van der Waals surface area contributed by atoms with Crippen molar-refractivity contribution in [1.82, 2.24) is 5.32 Å². The van der Waals surface area contributed by atoms with Crippen LogP contribution in [0.1, 0.15) is 30.0 Å². The standard InChI is InChI=1S/C13H17F4NO2S/c1-18-12(4-3-7-21(2,19)20)10-8-9(14)5-6-11(10)13(15,16)17/h5-6,8,12,18H,3-4,7H2,1-2H3. The predicted molar refractivity (Wildman–Crippen MR) is 72.1 cm³/mol. The van der Waals surface area contributed by atoms with Gasteiger partial charge in [0.1, 0.15) is 15.7 Å². The average Bonchev–Trinajstić information content (AvgIpc) is 2.31. The number of sulfone groups is 1. The molecule has 0 bridgehead atoms. The zero-order valence-corrected chi connectivity index (χ0v) is 12.5. The number of rotatable bonds is 6. The second kappa shape index (κ2) is 6.74. The van der Waals surface area contributed by atoms with Gasteiger partial charge in [-0.25, -0.2) is 12.8 Å². The molecule has 0 fully saturated rings. The van der Waals surface area contributed by atoms with Gasteiger partial charge < -0.3 is 5.32 Å². The second-order valence-electron chi connectivity index (χ2n) is 4.84. The first-order valence-corrected chi connectivity index (χ1v) is 8.32. The Labute approximate surface area is 121 Å². The van der Waals surface area contributed by atoms with Crippen LogP contribution in [0.3, 0.4) is 0 Å². The zero-order chi connectivity index (χ0) is 16.3. The van der Waals surface area contributed by atoms with E-state index < -0.39 is 33.4 Å². The van der Waals surface area contributed by atoms with E-state index >= 15 is 0 Å². The van der Waals surface area contributed by atoms with Crippen molar-refractivity contribution in [2.45, 2.75) is 25.1 Å². The molecule has 0 saturated heterocycles. The molecule has 0 amide bonds. The Bertz CT molecular complexity index is 584. The third-order valence-corrected chi connectivity index (χ3v) is 4.08. The van der Waals surface area contributed by atoms with Crippen molar-refractivity contribution >= 4 is 9.84 Å². The van der Waals surface area contributed by atoms with E-state index in [0.717, 1.165) is 18.4 Å². The lowest BCUT2D eigenvalue weighted by atomic mass is 9.96. The van der Waals surface area contributed by atoms with Crippen molar-refractivity contribution < 1.29 is 26.0 Å². The normalized spacial score (nSPS) is 14.2. The van der Waals surface area contributed by atoms with E-state index in [0.29, 0.717) is 6.07 Å². The Morgan fingerprint density at radius 1 is 1.29 bits per heavy atom. The largest absolute Gasteiger partial charge is 0.416 e. The number of halogens is 4. The maximum atomic E-state index is 13.3. The van der Waals surface area contributed by atoms with E-state index in [4.69, 9.17) is 0 Å². The predicted octanol–water partition coefficient (Wildman–Crippen LogP) is 2.93. The fraction of sp³-hybridized carbons (Fsp3) is 0.538. The van der Waals surface area contributed by atoms with Crippen molar-refractivity contribution in [3.63, 3.8) is 0 Å². The van der Waals surface area contributed by atoms with Crippen LogP contribution in [0.25, 0.3) is 0 Å². The summed E-state index contributed by atoms with van der Waals surface area (Å²) in [5.74, 6) is -0.886. The maximum absolute atomic E-state index is 13.3. The Hall–Kier alpha value is -1.15. The lowest BCUT2D eigenvalue weighted by Crippen LogP contribution is -2.22. The molecule has 0 aliphatic carbocycles. The molecule has 0 aliphatic heterocycles. The summed E-state index contributed by atoms with van der Waals surface area (Å²) < 4.78 is 74.2. The number of hydrogen-bond donors (Lipinski definition) is 1. The van der Waals surface area contributed by atoms with Gasteiger partial charge in [0, 0.05) is 18.1 Å². The molecule has 1 unspecified atom stereocenters. The van der Waals surface area contributed by atoms with Crippen molar-refractivity contribution in [1.29, 1.82) is 0 Å². The minimum atomic E-state index is -4.59. The van der Waals surface area contributed by atoms with Crippen LogP contribution < -0.4 is 5.32 Å². The number of benzene rings is 1. The molecule has 21 heavy (non-hydrogen) atoms. The molecule has 8 heteroatoms.